The van der Waals surface area contributed by atoms with Gasteiger partial charge >= 0.3 is 0 Å². The Balaban J connectivity index is 2.23. The number of nitrogens with one attached hydrogen (secondary N) is 1. The van der Waals surface area contributed by atoms with Gasteiger partial charge in [0, 0.05) is 28.6 Å². The number of rotatable bonds is 2. The average Bonchev–Trinajstić information content (AvgIpc) is 2.77. The van der Waals surface area contributed by atoms with Crippen molar-refractivity contribution in [2.45, 2.75) is 38.7 Å². The Labute approximate surface area is 134 Å². The summed E-state index contributed by atoms with van der Waals surface area (Å²) in [7, 11) is 0. The highest BCUT2D eigenvalue weighted by atomic mass is 35.5. The number of hydrogen-bond donors (Lipinski definition) is 2. The predicted molar refractivity (Wildman–Crippen MR) is 85.1 cm³/mol. The predicted octanol–water partition coefficient (Wildman–Crippen LogP) is 3.02. The molecule has 1 heterocycles. The second kappa shape index (κ2) is 5.21. The molecule has 5 heteroatoms. The van der Waals surface area contributed by atoms with Crippen molar-refractivity contribution < 1.29 is 9.90 Å². The summed E-state index contributed by atoms with van der Waals surface area (Å²) in [6.07, 6.45) is 0.376. The Bertz CT molecular complexity index is 719. The van der Waals surface area contributed by atoms with Crippen LogP contribution in [0.5, 0.6) is 0 Å². The fraction of sp³-hybridized carbons (Fsp3) is 0.412. The molecule has 22 heavy (non-hydrogen) atoms. The minimum atomic E-state index is -1.12. The number of carbonyl (C=O) groups excluding carboxylic acids is 1. The molecule has 0 saturated heterocycles. The van der Waals surface area contributed by atoms with Gasteiger partial charge < -0.3 is 5.11 Å². The van der Waals surface area contributed by atoms with Crippen LogP contribution in [0.15, 0.2) is 24.3 Å². The molecule has 1 aliphatic rings. The van der Waals surface area contributed by atoms with Gasteiger partial charge in [-0.1, -0.05) is 23.7 Å². The molecule has 2 aromatic rings. The molecule has 0 amide bonds. The molecule has 4 nitrogen and oxygen atoms in total. The summed E-state index contributed by atoms with van der Waals surface area (Å²) in [5.74, 6) is -0.735. The van der Waals surface area contributed by atoms with Crippen LogP contribution in [0.2, 0.25) is 5.02 Å². The van der Waals surface area contributed by atoms with Gasteiger partial charge in [0.15, 0.2) is 0 Å². The van der Waals surface area contributed by atoms with Crippen molar-refractivity contribution in [3.8, 4) is 0 Å². The van der Waals surface area contributed by atoms with E-state index in [-0.39, 0.29) is 11.7 Å². The summed E-state index contributed by atoms with van der Waals surface area (Å²) < 4.78 is 0. The molecule has 0 unspecified atom stereocenters. The van der Waals surface area contributed by atoms with Crippen molar-refractivity contribution in [2.75, 3.05) is 0 Å². The Hall–Kier alpha value is -1.65. The lowest BCUT2D eigenvalue weighted by molar-refractivity contribution is -0.130. The number of aromatic amines is 1. The Morgan fingerprint density at radius 3 is 2.64 bits per heavy atom. The van der Waals surface area contributed by atoms with Gasteiger partial charge in [-0.05, 0) is 38.5 Å². The first kappa shape index (κ1) is 15.3. The number of hydrogen-bond acceptors (Lipinski definition) is 3. The minimum absolute atomic E-state index is 0.0174. The largest absolute Gasteiger partial charge is 0.389 e. The fourth-order valence-electron chi connectivity index (χ4n) is 3.71. The molecule has 0 aliphatic heterocycles. The maximum absolute atomic E-state index is 12.3. The van der Waals surface area contributed by atoms with Gasteiger partial charge in [-0.15, -0.1) is 0 Å². The van der Waals surface area contributed by atoms with Crippen molar-refractivity contribution in [2.24, 2.45) is 5.92 Å². The topological polar surface area (TPSA) is 66.0 Å². The quantitative estimate of drug-likeness (QED) is 0.894. The Morgan fingerprint density at radius 1 is 1.41 bits per heavy atom. The summed E-state index contributed by atoms with van der Waals surface area (Å²) in [4.78, 5) is 12.3. The minimum Gasteiger partial charge on any atom is -0.389 e. The smallest absolute Gasteiger partial charge is 0.136 e. The van der Waals surface area contributed by atoms with Crippen molar-refractivity contribution >= 4 is 17.4 Å². The maximum Gasteiger partial charge on any atom is 0.136 e. The molecule has 116 valence electrons. The van der Waals surface area contributed by atoms with E-state index < -0.39 is 11.5 Å². The summed E-state index contributed by atoms with van der Waals surface area (Å²) in [6.45, 7) is 5.21. The monoisotopic (exact) mass is 318 g/mol. The lowest BCUT2D eigenvalue weighted by Gasteiger charge is -2.41. The second-order valence-electron chi connectivity index (χ2n) is 6.36. The highest BCUT2D eigenvalue weighted by Crippen LogP contribution is 2.46. The number of Topliss-reactive ketones (excluding diaryl/α,β-unsaturated/α-hetero) is 1. The number of fused-ring (bicyclic) bond motifs is 1. The first-order valence-electron chi connectivity index (χ1n) is 7.33. The van der Waals surface area contributed by atoms with E-state index in [1.165, 1.54) is 0 Å². The van der Waals surface area contributed by atoms with E-state index in [4.69, 9.17) is 11.6 Å². The number of halogens is 1. The number of H-pyrrole nitrogens is 1. The Kier molecular flexibility index (Phi) is 3.62. The van der Waals surface area contributed by atoms with Crippen LogP contribution in [0.1, 0.15) is 42.3 Å². The lowest BCUT2D eigenvalue weighted by Crippen LogP contribution is -2.48. The molecule has 1 aromatic carbocycles. The molecule has 3 atom stereocenters. The fourth-order valence-corrected chi connectivity index (χ4v) is 3.84. The van der Waals surface area contributed by atoms with Crippen LogP contribution in [0.25, 0.3) is 0 Å². The van der Waals surface area contributed by atoms with E-state index in [2.05, 4.69) is 10.2 Å². The van der Waals surface area contributed by atoms with Crippen molar-refractivity contribution in [3.05, 3.63) is 51.8 Å². The van der Waals surface area contributed by atoms with Crippen LogP contribution in [-0.4, -0.2) is 26.7 Å². The zero-order valence-electron chi connectivity index (χ0n) is 12.9. The highest BCUT2D eigenvalue weighted by molar-refractivity contribution is 6.30. The van der Waals surface area contributed by atoms with E-state index in [1.807, 2.05) is 31.2 Å². The second-order valence-corrected chi connectivity index (χ2v) is 6.80. The third-order valence-electron chi connectivity index (χ3n) is 4.58. The molecule has 2 N–H and O–H groups in total. The number of ketones is 1. The van der Waals surface area contributed by atoms with E-state index in [0.717, 1.165) is 22.5 Å². The van der Waals surface area contributed by atoms with Gasteiger partial charge in [-0.25, -0.2) is 0 Å². The van der Waals surface area contributed by atoms with Crippen LogP contribution in [-0.2, 0) is 11.2 Å². The van der Waals surface area contributed by atoms with E-state index in [0.29, 0.717) is 11.4 Å². The first-order chi connectivity index (χ1) is 10.3. The molecular formula is C17H19ClN2O2. The Morgan fingerprint density at radius 2 is 2.05 bits per heavy atom. The first-order valence-corrected chi connectivity index (χ1v) is 7.71. The molecule has 1 aromatic heterocycles. The molecule has 3 rings (SSSR count). The normalized spacial score (nSPS) is 27.5. The summed E-state index contributed by atoms with van der Waals surface area (Å²) in [5, 5.41) is 18.8. The summed E-state index contributed by atoms with van der Waals surface area (Å²) >= 11 is 5.98. The average molecular weight is 319 g/mol. The van der Waals surface area contributed by atoms with Gasteiger partial charge in [-0.3, -0.25) is 9.89 Å². The number of nitrogens with zero attached hydrogens (tertiary/aromatic N) is 1. The van der Waals surface area contributed by atoms with Crippen LogP contribution in [0.3, 0.4) is 0 Å². The zero-order valence-corrected chi connectivity index (χ0v) is 13.6. The summed E-state index contributed by atoms with van der Waals surface area (Å²) in [5.41, 5.74) is 2.64. The number of aromatic nitrogens is 2. The molecule has 0 saturated carbocycles. The van der Waals surface area contributed by atoms with Crippen molar-refractivity contribution in [1.82, 2.24) is 10.2 Å². The molecule has 0 radical (unpaired) electrons. The van der Waals surface area contributed by atoms with Gasteiger partial charge in [0.05, 0.1) is 17.2 Å². The summed E-state index contributed by atoms with van der Waals surface area (Å²) in [6, 6.07) is 7.46. The van der Waals surface area contributed by atoms with Gasteiger partial charge in [0.25, 0.3) is 0 Å². The van der Waals surface area contributed by atoms with E-state index >= 15 is 0 Å². The molecule has 0 bridgehead atoms. The highest BCUT2D eigenvalue weighted by Gasteiger charge is 2.48. The maximum atomic E-state index is 12.3. The van der Waals surface area contributed by atoms with Crippen LogP contribution in [0.4, 0.5) is 0 Å². The SMILES string of the molecule is CC(=O)[C@@H]1[C@@H](c2ccc(Cl)cc2)c2c(n[nH]c2C)C[C@@]1(C)O. The van der Waals surface area contributed by atoms with Crippen LogP contribution >= 0.6 is 11.6 Å². The molecule has 0 spiro atoms. The molecule has 1 aliphatic carbocycles. The number of carbonyl (C=O) groups is 1. The van der Waals surface area contributed by atoms with Crippen LogP contribution < -0.4 is 0 Å². The van der Waals surface area contributed by atoms with E-state index in [9.17, 15) is 9.90 Å². The third-order valence-corrected chi connectivity index (χ3v) is 4.83. The van der Waals surface area contributed by atoms with Gasteiger partial charge in [0.1, 0.15) is 5.78 Å². The molecular weight excluding hydrogens is 300 g/mol. The van der Waals surface area contributed by atoms with Crippen molar-refractivity contribution in [3.63, 3.8) is 0 Å². The van der Waals surface area contributed by atoms with Gasteiger partial charge in [-0.2, -0.15) is 5.10 Å². The molecule has 0 fully saturated rings. The van der Waals surface area contributed by atoms with Gasteiger partial charge in [0.2, 0.25) is 0 Å². The zero-order chi connectivity index (χ0) is 16.1. The van der Waals surface area contributed by atoms with Crippen LogP contribution in [0, 0.1) is 12.8 Å². The standard InChI is InChI=1S/C17H19ClN2O2/c1-9-14-13(20-19-9)8-17(3,22)16(10(2)21)15(14)11-4-6-12(18)7-5-11/h4-7,15-16,22H,8H2,1-3H3,(H,19,20)/t15-,16+,17+/m0/s1. The number of aliphatic hydroxyl groups is 1. The number of aryl methyl sites for hydroxylation is 1. The number of benzene rings is 1. The van der Waals surface area contributed by atoms with E-state index in [1.54, 1.807) is 13.8 Å². The van der Waals surface area contributed by atoms with Crippen molar-refractivity contribution in [1.29, 1.82) is 0 Å². The third kappa shape index (κ3) is 2.36. The lowest BCUT2D eigenvalue weighted by atomic mass is 9.64.